The summed E-state index contributed by atoms with van der Waals surface area (Å²) in [5, 5.41) is 9.84. The fourth-order valence-electron chi connectivity index (χ4n) is 2.87. The van der Waals surface area contributed by atoms with E-state index < -0.39 is 0 Å². The molecule has 1 aliphatic carbocycles. The monoisotopic (exact) mass is 219 g/mol. The van der Waals surface area contributed by atoms with Crippen molar-refractivity contribution in [3.05, 3.63) is 29.3 Å². The Hall–Kier alpha value is -1.06. The molecule has 1 fully saturated rings. The number of aromatic hydroxyl groups is 1. The number of likely N-dealkylation sites (N-methyl/N-ethyl adjacent to an activating group) is 1. The lowest BCUT2D eigenvalue weighted by Crippen LogP contribution is -2.53. The van der Waals surface area contributed by atoms with Gasteiger partial charge in [-0.3, -0.25) is 4.90 Å². The lowest BCUT2D eigenvalue weighted by molar-refractivity contribution is -0.0646. The molecular weight excluding hydrogens is 202 g/mol. The van der Waals surface area contributed by atoms with Gasteiger partial charge in [0.05, 0.1) is 12.7 Å². The first-order valence-corrected chi connectivity index (χ1v) is 5.87. The molecule has 0 aromatic heterocycles. The van der Waals surface area contributed by atoms with Gasteiger partial charge in [-0.15, -0.1) is 0 Å². The molecule has 0 radical (unpaired) electrons. The Balaban J connectivity index is 1.96. The van der Waals surface area contributed by atoms with E-state index in [1.807, 2.05) is 6.07 Å². The molecule has 1 N–H and O–H groups in total. The Morgan fingerprint density at radius 1 is 1.38 bits per heavy atom. The zero-order chi connectivity index (χ0) is 11.1. The molecule has 3 nitrogen and oxygen atoms in total. The second-order valence-electron chi connectivity index (χ2n) is 4.78. The summed E-state index contributed by atoms with van der Waals surface area (Å²) in [6, 6.07) is 6.29. The highest BCUT2D eigenvalue weighted by Gasteiger charge is 2.35. The number of hydrogen-bond donors (Lipinski definition) is 1. The Bertz CT molecular complexity index is 405. The standard InChI is InChI=1S/C13H17NO2/c1-14-5-6-16-13-8-10-9(7-11(13)14)3-2-4-12(10)15/h2-4,11,13,15H,5-8H2,1H3. The van der Waals surface area contributed by atoms with Crippen LogP contribution in [-0.4, -0.2) is 42.4 Å². The van der Waals surface area contributed by atoms with E-state index in [0.29, 0.717) is 11.8 Å². The Morgan fingerprint density at radius 2 is 2.25 bits per heavy atom. The van der Waals surface area contributed by atoms with Crippen LogP contribution in [0, 0.1) is 0 Å². The molecule has 1 saturated heterocycles. The SMILES string of the molecule is CN1CCOC2Cc3c(O)cccc3CC21. The largest absolute Gasteiger partial charge is 0.508 e. The summed E-state index contributed by atoms with van der Waals surface area (Å²) in [5.41, 5.74) is 2.36. The van der Waals surface area contributed by atoms with Crippen molar-refractivity contribution in [1.29, 1.82) is 0 Å². The normalized spacial score (nSPS) is 29.6. The maximum absolute atomic E-state index is 9.84. The third-order valence-corrected chi connectivity index (χ3v) is 3.85. The van der Waals surface area contributed by atoms with Gasteiger partial charge < -0.3 is 9.84 Å². The van der Waals surface area contributed by atoms with Gasteiger partial charge in [-0.05, 0) is 30.7 Å². The second-order valence-corrected chi connectivity index (χ2v) is 4.78. The average molecular weight is 219 g/mol. The first-order chi connectivity index (χ1) is 7.75. The molecule has 3 rings (SSSR count). The van der Waals surface area contributed by atoms with Crippen molar-refractivity contribution < 1.29 is 9.84 Å². The molecule has 1 aliphatic heterocycles. The van der Waals surface area contributed by atoms with Crippen molar-refractivity contribution in [1.82, 2.24) is 4.90 Å². The number of benzene rings is 1. The minimum Gasteiger partial charge on any atom is -0.508 e. The third kappa shape index (κ3) is 1.51. The Kier molecular flexibility index (Phi) is 2.37. The maximum atomic E-state index is 9.84. The first-order valence-electron chi connectivity index (χ1n) is 5.87. The highest BCUT2D eigenvalue weighted by Crippen LogP contribution is 2.32. The molecule has 2 unspecified atom stereocenters. The molecule has 1 aromatic rings. The second kappa shape index (κ2) is 3.75. The number of nitrogens with zero attached hydrogens (tertiary/aromatic N) is 1. The van der Waals surface area contributed by atoms with E-state index in [2.05, 4.69) is 18.0 Å². The minimum atomic E-state index is 0.250. The number of hydrogen-bond acceptors (Lipinski definition) is 3. The predicted molar refractivity (Wildman–Crippen MR) is 61.7 cm³/mol. The molecule has 86 valence electrons. The van der Waals surface area contributed by atoms with Gasteiger partial charge in [0.2, 0.25) is 0 Å². The van der Waals surface area contributed by atoms with Crippen molar-refractivity contribution in [3.8, 4) is 5.75 Å². The van der Waals surface area contributed by atoms with Crippen LogP contribution in [0.15, 0.2) is 18.2 Å². The zero-order valence-corrected chi connectivity index (χ0v) is 9.52. The highest BCUT2D eigenvalue weighted by molar-refractivity contribution is 5.42. The van der Waals surface area contributed by atoms with Gasteiger partial charge in [-0.2, -0.15) is 0 Å². The number of rotatable bonds is 0. The summed E-state index contributed by atoms with van der Waals surface area (Å²) in [7, 11) is 2.16. The number of morpholine rings is 1. The summed E-state index contributed by atoms with van der Waals surface area (Å²) in [4.78, 5) is 2.38. The third-order valence-electron chi connectivity index (χ3n) is 3.85. The van der Waals surface area contributed by atoms with E-state index in [-0.39, 0.29) is 6.10 Å². The van der Waals surface area contributed by atoms with Crippen molar-refractivity contribution in [2.75, 3.05) is 20.2 Å². The van der Waals surface area contributed by atoms with Crippen LogP contribution in [0.2, 0.25) is 0 Å². The lowest BCUT2D eigenvalue weighted by Gasteiger charge is -2.42. The van der Waals surface area contributed by atoms with E-state index in [9.17, 15) is 5.11 Å². The maximum Gasteiger partial charge on any atom is 0.119 e. The summed E-state index contributed by atoms with van der Waals surface area (Å²) in [5.74, 6) is 0.424. The molecule has 0 spiro atoms. The fraction of sp³-hybridized carbons (Fsp3) is 0.538. The van der Waals surface area contributed by atoms with Crippen LogP contribution in [0.1, 0.15) is 11.1 Å². The molecule has 0 saturated carbocycles. The van der Waals surface area contributed by atoms with E-state index in [1.54, 1.807) is 6.07 Å². The number of phenolic OH excluding ortho intramolecular Hbond substituents is 1. The number of ether oxygens (including phenoxy) is 1. The van der Waals surface area contributed by atoms with Crippen LogP contribution in [0.5, 0.6) is 5.75 Å². The first kappa shape index (κ1) is 10.1. The van der Waals surface area contributed by atoms with Gasteiger partial charge in [0.1, 0.15) is 5.75 Å². The van der Waals surface area contributed by atoms with E-state index in [0.717, 1.165) is 31.6 Å². The molecular formula is C13H17NO2. The zero-order valence-electron chi connectivity index (χ0n) is 9.52. The predicted octanol–water partition coefficient (Wildman–Crippen LogP) is 1.19. The molecule has 1 heterocycles. The summed E-state index contributed by atoms with van der Waals surface area (Å²) in [6.07, 6.45) is 2.08. The molecule has 0 amide bonds. The number of fused-ring (bicyclic) bond motifs is 2. The molecule has 3 heteroatoms. The lowest BCUT2D eigenvalue weighted by atomic mass is 9.84. The molecule has 2 aliphatic rings. The van der Waals surface area contributed by atoms with Crippen LogP contribution >= 0.6 is 0 Å². The summed E-state index contributed by atoms with van der Waals surface area (Å²) in [6.45, 7) is 1.82. The van der Waals surface area contributed by atoms with Crippen molar-refractivity contribution in [3.63, 3.8) is 0 Å². The topological polar surface area (TPSA) is 32.7 Å². The Labute approximate surface area is 95.6 Å². The van der Waals surface area contributed by atoms with Crippen LogP contribution < -0.4 is 0 Å². The van der Waals surface area contributed by atoms with Gasteiger partial charge in [0, 0.05) is 19.0 Å². The smallest absolute Gasteiger partial charge is 0.119 e. The Morgan fingerprint density at radius 3 is 3.12 bits per heavy atom. The molecule has 0 bridgehead atoms. The van der Waals surface area contributed by atoms with E-state index in [1.165, 1.54) is 5.56 Å². The fourth-order valence-corrected chi connectivity index (χ4v) is 2.87. The summed E-state index contributed by atoms with van der Waals surface area (Å²) >= 11 is 0. The van der Waals surface area contributed by atoms with Crippen molar-refractivity contribution in [2.45, 2.75) is 25.0 Å². The van der Waals surface area contributed by atoms with Gasteiger partial charge in [-0.1, -0.05) is 12.1 Å². The van der Waals surface area contributed by atoms with Crippen LogP contribution in [0.4, 0.5) is 0 Å². The van der Waals surface area contributed by atoms with Crippen molar-refractivity contribution >= 4 is 0 Å². The molecule has 2 atom stereocenters. The van der Waals surface area contributed by atoms with Gasteiger partial charge in [0.25, 0.3) is 0 Å². The van der Waals surface area contributed by atoms with E-state index in [4.69, 9.17) is 4.74 Å². The quantitative estimate of drug-likeness (QED) is 0.711. The summed E-state index contributed by atoms with van der Waals surface area (Å²) < 4.78 is 5.81. The molecule has 16 heavy (non-hydrogen) atoms. The van der Waals surface area contributed by atoms with Gasteiger partial charge >= 0.3 is 0 Å². The highest BCUT2D eigenvalue weighted by atomic mass is 16.5. The van der Waals surface area contributed by atoms with Crippen LogP contribution in [0.3, 0.4) is 0 Å². The van der Waals surface area contributed by atoms with Crippen molar-refractivity contribution in [2.24, 2.45) is 0 Å². The van der Waals surface area contributed by atoms with Crippen LogP contribution in [0.25, 0.3) is 0 Å². The average Bonchev–Trinajstić information content (AvgIpc) is 2.29. The number of phenols is 1. The van der Waals surface area contributed by atoms with Gasteiger partial charge in [0.15, 0.2) is 0 Å². The van der Waals surface area contributed by atoms with E-state index >= 15 is 0 Å². The molecule has 1 aromatic carbocycles. The van der Waals surface area contributed by atoms with Crippen LogP contribution in [-0.2, 0) is 17.6 Å². The minimum absolute atomic E-state index is 0.250. The van der Waals surface area contributed by atoms with Gasteiger partial charge in [-0.25, -0.2) is 0 Å².